The van der Waals surface area contributed by atoms with E-state index in [1.165, 1.54) is 11.3 Å². The number of fused-ring (bicyclic) bond motifs is 1. The molecule has 1 aliphatic carbocycles. The van der Waals surface area contributed by atoms with Crippen LogP contribution in [0.5, 0.6) is 0 Å². The van der Waals surface area contributed by atoms with E-state index in [4.69, 9.17) is 0 Å². The molecular formula is C13H9N3OS. The largest absolute Gasteiger partial charge is 0.294 e. The molecule has 0 atom stereocenters. The Morgan fingerprint density at radius 1 is 1.22 bits per heavy atom. The normalized spacial score (nSPS) is 13.7. The van der Waals surface area contributed by atoms with Gasteiger partial charge < -0.3 is 0 Å². The van der Waals surface area contributed by atoms with Gasteiger partial charge in [-0.25, -0.2) is 4.98 Å². The van der Waals surface area contributed by atoms with Gasteiger partial charge in [0.25, 0.3) is 0 Å². The molecule has 0 spiro atoms. The molecule has 2 aromatic rings. The molecule has 3 rings (SSSR count). The van der Waals surface area contributed by atoms with Crippen molar-refractivity contribution in [2.24, 2.45) is 0 Å². The lowest BCUT2D eigenvalue weighted by Crippen LogP contribution is -2.12. The molecule has 0 unspecified atom stereocenters. The van der Waals surface area contributed by atoms with E-state index in [0.29, 0.717) is 17.1 Å². The summed E-state index contributed by atoms with van der Waals surface area (Å²) in [5.74, 6) is 6.04. The first-order valence-corrected chi connectivity index (χ1v) is 6.52. The van der Waals surface area contributed by atoms with Crippen LogP contribution in [0.2, 0.25) is 0 Å². The second-order valence-corrected chi connectivity index (χ2v) is 4.79. The molecule has 0 aliphatic heterocycles. The van der Waals surface area contributed by atoms with Gasteiger partial charge in [-0.1, -0.05) is 11.3 Å². The Morgan fingerprint density at radius 2 is 2.17 bits per heavy atom. The van der Waals surface area contributed by atoms with Crippen LogP contribution in [-0.2, 0) is 6.42 Å². The van der Waals surface area contributed by atoms with Gasteiger partial charge in [-0.15, -0.1) is 10.2 Å². The minimum Gasteiger partial charge on any atom is -0.294 e. The zero-order valence-electron chi connectivity index (χ0n) is 9.51. The third kappa shape index (κ3) is 2.15. The van der Waals surface area contributed by atoms with E-state index in [1.807, 2.05) is 6.07 Å². The van der Waals surface area contributed by atoms with E-state index < -0.39 is 0 Å². The van der Waals surface area contributed by atoms with Gasteiger partial charge in [-0.05, 0) is 36.8 Å². The van der Waals surface area contributed by atoms with Gasteiger partial charge in [0.15, 0.2) is 10.8 Å². The number of hydrogen-bond donors (Lipinski definition) is 0. The third-order valence-corrected chi connectivity index (χ3v) is 3.36. The van der Waals surface area contributed by atoms with Crippen molar-refractivity contribution >= 4 is 17.1 Å². The second-order valence-electron chi connectivity index (χ2n) is 3.96. The second kappa shape index (κ2) is 4.67. The van der Waals surface area contributed by atoms with Gasteiger partial charge in [0.1, 0.15) is 11.2 Å². The van der Waals surface area contributed by atoms with E-state index in [1.54, 1.807) is 11.6 Å². The Bertz CT molecular complexity index is 653. The zero-order valence-corrected chi connectivity index (χ0v) is 10.3. The summed E-state index contributed by atoms with van der Waals surface area (Å²) in [4.78, 5) is 16.1. The average molecular weight is 255 g/mol. The number of hydrogen-bond acceptors (Lipinski definition) is 5. The Kier molecular flexibility index (Phi) is 2.87. The molecule has 0 saturated carbocycles. The molecule has 88 valence electrons. The van der Waals surface area contributed by atoms with Gasteiger partial charge in [0.2, 0.25) is 0 Å². The minimum atomic E-state index is 0.187. The molecular weight excluding hydrogens is 246 g/mol. The van der Waals surface area contributed by atoms with Gasteiger partial charge in [-0.3, -0.25) is 4.79 Å². The molecule has 0 saturated heterocycles. The van der Waals surface area contributed by atoms with Crippen LogP contribution >= 0.6 is 11.3 Å². The number of carbonyl (C=O) groups is 1. The summed E-state index contributed by atoms with van der Waals surface area (Å²) in [5.41, 5.74) is 3.94. The average Bonchev–Trinajstić information content (AvgIpc) is 2.90. The summed E-state index contributed by atoms with van der Waals surface area (Å²) in [6, 6.07) is 3.62. The summed E-state index contributed by atoms with van der Waals surface area (Å²) in [6.45, 7) is 0. The Hall–Kier alpha value is -2.06. The number of aryl methyl sites for hydroxylation is 1. The number of nitrogens with zero attached hydrogens (tertiary/aromatic N) is 3. The van der Waals surface area contributed by atoms with E-state index in [0.717, 1.165) is 24.1 Å². The van der Waals surface area contributed by atoms with Crippen LogP contribution in [0.25, 0.3) is 0 Å². The van der Waals surface area contributed by atoms with E-state index in [-0.39, 0.29) is 5.78 Å². The minimum absolute atomic E-state index is 0.187. The van der Waals surface area contributed by atoms with Crippen molar-refractivity contribution in [1.82, 2.24) is 15.2 Å². The number of Topliss-reactive ketones (excluding diaryl/α,β-unsaturated/α-hetero) is 1. The molecule has 0 N–H and O–H groups in total. The van der Waals surface area contributed by atoms with Crippen LogP contribution in [0.4, 0.5) is 0 Å². The lowest BCUT2D eigenvalue weighted by molar-refractivity contribution is 0.0971. The third-order valence-electron chi connectivity index (χ3n) is 2.75. The Labute approximate surface area is 108 Å². The zero-order chi connectivity index (χ0) is 12.4. The van der Waals surface area contributed by atoms with Crippen LogP contribution in [0.15, 0.2) is 17.6 Å². The first-order valence-electron chi connectivity index (χ1n) is 5.64. The summed E-state index contributed by atoms with van der Waals surface area (Å²) in [7, 11) is 0. The van der Waals surface area contributed by atoms with E-state index in [9.17, 15) is 4.79 Å². The quantitative estimate of drug-likeness (QED) is 0.674. The molecule has 0 radical (unpaired) electrons. The van der Waals surface area contributed by atoms with Crippen molar-refractivity contribution < 1.29 is 4.79 Å². The lowest BCUT2D eigenvalue weighted by atomic mass is 9.94. The molecule has 0 fully saturated rings. The SMILES string of the molecule is O=C1CCCc2nc(C#Cc3nncs3)ccc21. The summed E-state index contributed by atoms with van der Waals surface area (Å²) < 4.78 is 0. The Morgan fingerprint density at radius 3 is 3.00 bits per heavy atom. The highest BCUT2D eigenvalue weighted by Gasteiger charge is 2.17. The van der Waals surface area contributed by atoms with Crippen molar-refractivity contribution in [3.8, 4) is 11.8 Å². The van der Waals surface area contributed by atoms with Gasteiger partial charge >= 0.3 is 0 Å². The van der Waals surface area contributed by atoms with Gasteiger partial charge in [-0.2, -0.15) is 0 Å². The highest BCUT2D eigenvalue weighted by atomic mass is 32.1. The molecule has 2 aromatic heterocycles. The van der Waals surface area contributed by atoms with Gasteiger partial charge in [0, 0.05) is 12.0 Å². The molecule has 0 amide bonds. The van der Waals surface area contributed by atoms with Crippen molar-refractivity contribution in [3.63, 3.8) is 0 Å². The van der Waals surface area contributed by atoms with Crippen LogP contribution in [0.3, 0.4) is 0 Å². The number of rotatable bonds is 0. The fourth-order valence-electron chi connectivity index (χ4n) is 1.91. The maximum atomic E-state index is 11.6. The highest BCUT2D eigenvalue weighted by molar-refractivity contribution is 7.09. The first kappa shape index (κ1) is 11.1. The van der Waals surface area contributed by atoms with E-state index in [2.05, 4.69) is 27.0 Å². The van der Waals surface area contributed by atoms with Crippen molar-refractivity contribution in [1.29, 1.82) is 0 Å². The molecule has 0 aromatic carbocycles. The molecule has 2 heterocycles. The number of pyridine rings is 1. The standard InChI is InChI=1S/C13H9N3OS/c17-12-3-1-2-11-10(12)6-4-9(15-11)5-7-13-16-14-8-18-13/h4,6,8H,1-3H2. The fourth-order valence-corrected chi connectivity index (χ4v) is 2.31. The predicted octanol–water partition coefficient (Wildman–Crippen LogP) is 1.85. The highest BCUT2D eigenvalue weighted by Crippen LogP contribution is 2.19. The molecule has 0 bridgehead atoms. The first-order chi connectivity index (χ1) is 8.83. The molecule has 5 heteroatoms. The van der Waals surface area contributed by atoms with Crippen molar-refractivity contribution in [2.45, 2.75) is 19.3 Å². The molecule has 1 aliphatic rings. The molecule has 4 nitrogen and oxygen atoms in total. The van der Waals surface area contributed by atoms with Crippen LogP contribution in [-0.4, -0.2) is 21.0 Å². The van der Waals surface area contributed by atoms with E-state index >= 15 is 0 Å². The van der Waals surface area contributed by atoms with Crippen LogP contribution in [0, 0.1) is 11.8 Å². The Balaban J connectivity index is 1.93. The fraction of sp³-hybridized carbons (Fsp3) is 0.231. The maximum Gasteiger partial charge on any atom is 0.191 e. The summed E-state index contributed by atoms with van der Waals surface area (Å²) >= 11 is 1.39. The topological polar surface area (TPSA) is 55.7 Å². The number of aromatic nitrogens is 3. The summed E-state index contributed by atoms with van der Waals surface area (Å²) in [6.07, 6.45) is 2.37. The smallest absolute Gasteiger partial charge is 0.191 e. The monoisotopic (exact) mass is 255 g/mol. The van der Waals surface area contributed by atoms with Crippen molar-refractivity contribution in [3.05, 3.63) is 39.6 Å². The number of ketones is 1. The number of carbonyl (C=O) groups excluding carboxylic acids is 1. The van der Waals surface area contributed by atoms with Crippen LogP contribution in [0.1, 0.15) is 39.6 Å². The predicted molar refractivity (Wildman–Crippen MR) is 67.4 cm³/mol. The molecule has 18 heavy (non-hydrogen) atoms. The van der Waals surface area contributed by atoms with Crippen molar-refractivity contribution in [2.75, 3.05) is 0 Å². The maximum absolute atomic E-state index is 11.6. The lowest BCUT2D eigenvalue weighted by Gasteiger charge is -2.12. The summed E-state index contributed by atoms with van der Waals surface area (Å²) in [5, 5.41) is 8.23. The van der Waals surface area contributed by atoms with Gasteiger partial charge in [0.05, 0.1) is 5.69 Å². The van der Waals surface area contributed by atoms with Crippen LogP contribution < -0.4 is 0 Å².